The van der Waals surface area contributed by atoms with E-state index >= 15 is 0 Å². The number of nitrogens with one attached hydrogen (secondary N) is 1. The maximum absolute atomic E-state index is 3.66. The van der Waals surface area contributed by atoms with Gasteiger partial charge in [-0.1, -0.05) is 0 Å². The van der Waals surface area contributed by atoms with Crippen LogP contribution in [0.3, 0.4) is 0 Å². The zero-order valence-electron chi connectivity index (χ0n) is 7.82. The van der Waals surface area contributed by atoms with E-state index in [1.54, 1.807) is 0 Å². The van der Waals surface area contributed by atoms with Crippen LogP contribution in [-0.4, -0.2) is 12.1 Å². The van der Waals surface area contributed by atoms with Gasteiger partial charge in [-0.15, -0.1) is 11.8 Å². The molecule has 0 aromatic rings. The molecule has 0 radical (unpaired) electrons. The lowest BCUT2D eigenvalue weighted by atomic mass is 9.88. The molecule has 0 aromatic heterocycles. The third-order valence-corrected chi connectivity index (χ3v) is 3.22. The summed E-state index contributed by atoms with van der Waals surface area (Å²) < 4.78 is 0. The van der Waals surface area contributed by atoms with Gasteiger partial charge in [0.05, 0.1) is 0 Å². The molecule has 0 aromatic carbocycles. The van der Waals surface area contributed by atoms with Gasteiger partial charge in [-0.2, -0.15) is 0 Å². The maximum Gasteiger partial charge on any atom is 0.0319 e. The van der Waals surface area contributed by atoms with E-state index in [1.165, 1.54) is 32.2 Å². The topological polar surface area (TPSA) is 12.0 Å². The molecule has 0 bridgehead atoms. The summed E-state index contributed by atoms with van der Waals surface area (Å²) in [6, 6.07) is 0. The molecule has 66 valence electrons. The van der Waals surface area contributed by atoms with E-state index in [-0.39, 0.29) is 0 Å². The molecule has 2 rings (SSSR count). The van der Waals surface area contributed by atoms with Crippen LogP contribution in [0.25, 0.3) is 0 Å². The lowest BCUT2D eigenvalue weighted by Crippen LogP contribution is -2.41. The Labute approximate surface area is 74.9 Å². The van der Waals surface area contributed by atoms with Gasteiger partial charge in [0.15, 0.2) is 0 Å². The lowest BCUT2D eigenvalue weighted by molar-refractivity contribution is 0.334. The Kier molecular flexibility index (Phi) is 2.11. The Morgan fingerprint density at radius 3 is 2.83 bits per heavy atom. The summed E-state index contributed by atoms with van der Waals surface area (Å²) >= 11 is 0. The van der Waals surface area contributed by atoms with E-state index < -0.39 is 0 Å². The molecule has 1 aliphatic carbocycles. The molecule has 1 heterocycles. The van der Waals surface area contributed by atoms with Gasteiger partial charge in [0.2, 0.25) is 0 Å². The van der Waals surface area contributed by atoms with Crippen LogP contribution in [0.15, 0.2) is 0 Å². The van der Waals surface area contributed by atoms with E-state index in [9.17, 15) is 0 Å². The highest BCUT2D eigenvalue weighted by Gasteiger charge is 2.45. The average molecular weight is 163 g/mol. The highest BCUT2D eigenvalue weighted by molar-refractivity contribution is 5.12. The van der Waals surface area contributed by atoms with Crippen LogP contribution in [0.5, 0.6) is 0 Å². The highest BCUT2D eigenvalue weighted by Crippen LogP contribution is 2.45. The second-order valence-electron chi connectivity index (χ2n) is 4.06. The van der Waals surface area contributed by atoms with Gasteiger partial charge in [-0.3, -0.25) is 0 Å². The standard InChI is InChI=1S/C11H17N/c1-2-3-7-11(10-5-6-10)8-4-9-12-11/h10,12H,4-9H2,1H3. The van der Waals surface area contributed by atoms with Crippen molar-refractivity contribution in [2.75, 3.05) is 6.54 Å². The van der Waals surface area contributed by atoms with Crippen LogP contribution in [0.4, 0.5) is 0 Å². The zero-order valence-corrected chi connectivity index (χ0v) is 7.82. The molecular formula is C11H17N. The number of hydrogen-bond acceptors (Lipinski definition) is 1. The van der Waals surface area contributed by atoms with Crippen LogP contribution >= 0.6 is 0 Å². The SMILES string of the molecule is CC#CCC1(C2CC2)CCCN1. The van der Waals surface area contributed by atoms with Crippen LogP contribution in [0.2, 0.25) is 0 Å². The molecule has 2 fully saturated rings. The van der Waals surface area contributed by atoms with Crippen LogP contribution < -0.4 is 5.32 Å². The molecular weight excluding hydrogens is 146 g/mol. The Morgan fingerprint density at radius 2 is 2.33 bits per heavy atom. The molecule has 1 aliphatic heterocycles. The van der Waals surface area contributed by atoms with E-state index in [0.717, 1.165) is 12.3 Å². The smallest absolute Gasteiger partial charge is 0.0319 e. The summed E-state index contributed by atoms with van der Waals surface area (Å²) in [5.41, 5.74) is 0.434. The molecule has 12 heavy (non-hydrogen) atoms. The van der Waals surface area contributed by atoms with Crippen molar-refractivity contribution in [1.82, 2.24) is 5.32 Å². The first kappa shape index (κ1) is 8.13. The average Bonchev–Trinajstić information content (AvgIpc) is 2.84. The number of rotatable bonds is 2. The summed E-state index contributed by atoms with van der Waals surface area (Å²) in [4.78, 5) is 0. The van der Waals surface area contributed by atoms with E-state index in [2.05, 4.69) is 17.2 Å². The number of hydrogen-bond donors (Lipinski definition) is 1. The third kappa shape index (κ3) is 1.36. The van der Waals surface area contributed by atoms with Crippen molar-refractivity contribution in [3.8, 4) is 11.8 Å². The highest BCUT2D eigenvalue weighted by atomic mass is 15.0. The van der Waals surface area contributed by atoms with E-state index in [4.69, 9.17) is 0 Å². The molecule has 1 saturated heterocycles. The van der Waals surface area contributed by atoms with Crippen LogP contribution in [-0.2, 0) is 0 Å². The van der Waals surface area contributed by atoms with Gasteiger partial charge in [-0.05, 0) is 45.1 Å². The Hall–Kier alpha value is -0.480. The molecule has 0 spiro atoms. The predicted molar refractivity (Wildman–Crippen MR) is 50.8 cm³/mol. The lowest BCUT2D eigenvalue weighted by Gasteiger charge is -2.27. The van der Waals surface area contributed by atoms with Gasteiger partial charge in [0, 0.05) is 12.0 Å². The Morgan fingerprint density at radius 1 is 1.50 bits per heavy atom. The summed E-state index contributed by atoms with van der Waals surface area (Å²) in [5.74, 6) is 7.20. The molecule has 1 unspecified atom stereocenters. The van der Waals surface area contributed by atoms with Gasteiger partial charge >= 0.3 is 0 Å². The Bertz CT molecular complexity index is 211. The van der Waals surface area contributed by atoms with Crippen molar-refractivity contribution in [3.63, 3.8) is 0 Å². The monoisotopic (exact) mass is 163 g/mol. The van der Waals surface area contributed by atoms with Crippen molar-refractivity contribution >= 4 is 0 Å². The fourth-order valence-corrected chi connectivity index (χ4v) is 2.36. The quantitative estimate of drug-likeness (QED) is 0.613. The van der Waals surface area contributed by atoms with Crippen molar-refractivity contribution in [2.45, 2.75) is 44.6 Å². The fourth-order valence-electron chi connectivity index (χ4n) is 2.36. The fraction of sp³-hybridized carbons (Fsp3) is 0.818. The normalized spacial score (nSPS) is 34.4. The first-order valence-electron chi connectivity index (χ1n) is 5.02. The molecule has 2 aliphatic rings. The van der Waals surface area contributed by atoms with E-state index in [1.807, 2.05) is 6.92 Å². The van der Waals surface area contributed by atoms with Crippen LogP contribution in [0.1, 0.15) is 39.0 Å². The minimum atomic E-state index is 0.434. The molecule has 1 heteroatoms. The van der Waals surface area contributed by atoms with Gasteiger partial charge in [-0.25, -0.2) is 0 Å². The largest absolute Gasteiger partial charge is 0.310 e. The first-order valence-corrected chi connectivity index (χ1v) is 5.02. The molecule has 0 amide bonds. The van der Waals surface area contributed by atoms with Gasteiger partial charge < -0.3 is 5.32 Å². The molecule has 1 N–H and O–H groups in total. The van der Waals surface area contributed by atoms with Crippen molar-refractivity contribution in [2.24, 2.45) is 5.92 Å². The van der Waals surface area contributed by atoms with Crippen molar-refractivity contribution in [3.05, 3.63) is 0 Å². The summed E-state index contributed by atoms with van der Waals surface area (Å²) in [6.07, 6.45) is 6.64. The van der Waals surface area contributed by atoms with Crippen molar-refractivity contribution in [1.29, 1.82) is 0 Å². The maximum atomic E-state index is 3.66. The molecule has 1 atom stereocenters. The third-order valence-electron chi connectivity index (χ3n) is 3.22. The minimum Gasteiger partial charge on any atom is -0.310 e. The summed E-state index contributed by atoms with van der Waals surface area (Å²) in [5, 5.41) is 3.66. The molecule has 1 nitrogen and oxygen atoms in total. The van der Waals surface area contributed by atoms with Gasteiger partial charge in [0.25, 0.3) is 0 Å². The van der Waals surface area contributed by atoms with Crippen molar-refractivity contribution < 1.29 is 0 Å². The Balaban J connectivity index is 2.03. The van der Waals surface area contributed by atoms with Crippen LogP contribution in [0, 0.1) is 17.8 Å². The summed E-state index contributed by atoms with van der Waals surface area (Å²) in [6.45, 7) is 3.15. The molecule has 1 saturated carbocycles. The summed E-state index contributed by atoms with van der Waals surface area (Å²) in [7, 11) is 0. The second-order valence-corrected chi connectivity index (χ2v) is 4.06. The first-order chi connectivity index (χ1) is 5.87. The minimum absolute atomic E-state index is 0.434. The zero-order chi connectivity index (χ0) is 8.44. The second kappa shape index (κ2) is 3.11. The van der Waals surface area contributed by atoms with Gasteiger partial charge in [0.1, 0.15) is 0 Å². The predicted octanol–water partition coefficient (Wildman–Crippen LogP) is 1.93. The van der Waals surface area contributed by atoms with E-state index in [0.29, 0.717) is 5.54 Å².